The van der Waals surface area contributed by atoms with Crippen LogP contribution in [0, 0.1) is 6.92 Å². The van der Waals surface area contributed by atoms with Crippen molar-refractivity contribution < 1.29 is 9.53 Å². The number of carbonyl (C=O) groups excluding carboxylic acids is 1. The van der Waals surface area contributed by atoms with Gasteiger partial charge in [-0.25, -0.2) is 4.98 Å². The highest BCUT2D eigenvalue weighted by Gasteiger charge is 2.39. The number of aryl methyl sites for hydroxylation is 1. The molecule has 3 unspecified atom stereocenters. The molecule has 1 aromatic heterocycles. The molecular weight excluding hydrogens is 500 g/mol. The van der Waals surface area contributed by atoms with Crippen molar-refractivity contribution in [1.29, 1.82) is 0 Å². The third-order valence-corrected chi connectivity index (χ3v) is 7.65. The van der Waals surface area contributed by atoms with E-state index in [9.17, 15) is 9.59 Å². The molecule has 1 aliphatic carbocycles. The molecule has 3 aromatic rings. The Bertz CT molecular complexity index is 1460. The van der Waals surface area contributed by atoms with Gasteiger partial charge in [-0.2, -0.15) is 0 Å². The quantitative estimate of drug-likeness (QED) is 0.359. The van der Waals surface area contributed by atoms with Crippen molar-refractivity contribution in [2.45, 2.75) is 51.3 Å². The average Bonchev–Trinajstić information content (AvgIpc) is 3.34. The minimum Gasteiger partial charge on any atom is -0.478 e. The van der Waals surface area contributed by atoms with Crippen LogP contribution in [0.3, 0.4) is 0 Å². The molecule has 0 saturated carbocycles. The van der Waals surface area contributed by atoms with Gasteiger partial charge in [0, 0.05) is 12.1 Å². The maximum absolute atomic E-state index is 14.1. The Morgan fingerprint density at radius 3 is 2.45 bits per heavy atom. The average molecular weight is 539 g/mol. The summed E-state index contributed by atoms with van der Waals surface area (Å²) in [6, 6.07) is 17.2. The van der Waals surface area contributed by atoms with E-state index in [4.69, 9.17) is 9.72 Å². The van der Waals surface area contributed by atoms with Crippen molar-refractivity contribution in [3.05, 3.63) is 117 Å². The number of nitrogens with zero attached hydrogens (tertiary/aromatic N) is 4. The van der Waals surface area contributed by atoms with Crippen LogP contribution in [0.4, 0.5) is 0 Å². The van der Waals surface area contributed by atoms with Gasteiger partial charge in [-0.1, -0.05) is 73.2 Å². The molecule has 3 atom stereocenters. The molecule has 208 valence electrons. The monoisotopic (exact) mass is 538 g/mol. The number of aromatic nitrogens is 2. The molecule has 40 heavy (non-hydrogen) atoms. The number of allylic oxidation sites excluding steroid dienone is 2. The van der Waals surface area contributed by atoms with Gasteiger partial charge < -0.3 is 14.5 Å². The van der Waals surface area contributed by atoms with Crippen molar-refractivity contribution in [2.24, 2.45) is 0 Å². The maximum Gasteiger partial charge on any atom is 0.296 e. The first kappa shape index (κ1) is 27.6. The smallest absolute Gasteiger partial charge is 0.296 e. The number of hydrogen-bond donors (Lipinski definition) is 0. The SMILES string of the molecule is CCC(c1nc2c(c(=O)n1Cc1ccccc1)OC1C=CC=CC21)N(CCCN(C)C)C(=O)c1ccc(C)cc1. The first-order valence-corrected chi connectivity index (χ1v) is 14.1. The fourth-order valence-corrected chi connectivity index (χ4v) is 5.52. The van der Waals surface area contributed by atoms with Crippen molar-refractivity contribution in [1.82, 2.24) is 19.4 Å². The molecule has 0 bridgehead atoms. The van der Waals surface area contributed by atoms with E-state index in [0.29, 0.717) is 42.3 Å². The molecule has 2 heterocycles. The standard InChI is InChI=1S/C33H38N4O3/c1-5-27(36(21-11-20-35(3)4)32(38)25-18-16-23(2)17-19-25)31-34-29-26-14-9-10-15-28(26)40-30(29)33(39)37(31)22-24-12-7-6-8-13-24/h6-10,12-19,26-28H,5,11,20-22H2,1-4H3. The Morgan fingerprint density at radius 2 is 1.75 bits per heavy atom. The highest BCUT2D eigenvalue weighted by molar-refractivity contribution is 5.94. The predicted octanol–water partition coefficient (Wildman–Crippen LogP) is 5.12. The van der Waals surface area contributed by atoms with E-state index in [-0.39, 0.29) is 29.5 Å². The summed E-state index contributed by atoms with van der Waals surface area (Å²) in [4.78, 5) is 37.4. The Kier molecular flexibility index (Phi) is 8.31. The number of benzene rings is 2. The lowest BCUT2D eigenvalue weighted by Crippen LogP contribution is -2.40. The maximum atomic E-state index is 14.1. The molecule has 2 aliphatic rings. The van der Waals surface area contributed by atoms with Crippen LogP contribution in [0.15, 0.2) is 83.7 Å². The van der Waals surface area contributed by atoms with Gasteiger partial charge in [0.25, 0.3) is 11.5 Å². The fourth-order valence-electron chi connectivity index (χ4n) is 5.52. The number of rotatable bonds is 10. The van der Waals surface area contributed by atoms with E-state index in [1.54, 1.807) is 4.57 Å². The van der Waals surface area contributed by atoms with Crippen LogP contribution in [0.25, 0.3) is 0 Å². The molecule has 0 N–H and O–H groups in total. The number of carbonyl (C=O) groups is 1. The molecule has 5 rings (SSSR count). The Labute approximate surface area is 236 Å². The van der Waals surface area contributed by atoms with E-state index in [1.165, 1.54) is 0 Å². The molecule has 0 fully saturated rings. The van der Waals surface area contributed by atoms with Crippen LogP contribution in [-0.2, 0) is 6.54 Å². The van der Waals surface area contributed by atoms with Gasteiger partial charge in [0.05, 0.1) is 18.5 Å². The lowest BCUT2D eigenvalue weighted by Gasteiger charge is -2.33. The van der Waals surface area contributed by atoms with Crippen molar-refractivity contribution in [3.8, 4) is 5.75 Å². The van der Waals surface area contributed by atoms with Crippen LogP contribution in [0.2, 0.25) is 0 Å². The third-order valence-electron chi connectivity index (χ3n) is 7.65. The Balaban J connectivity index is 1.63. The van der Waals surface area contributed by atoms with E-state index in [0.717, 1.165) is 24.1 Å². The van der Waals surface area contributed by atoms with Gasteiger partial charge in [0.1, 0.15) is 17.6 Å². The lowest BCUT2D eigenvalue weighted by molar-refractivity contribution is 0.0648. The van der Waals surface area contributed by atoms with Crippen LogP contribution >= 0.6 is 0 Å². The normalized spacial score (nSPS) is 17.8. The minimum absolute atomic E-state index is 0.0544. The van der Waals surface area contributed by atoms with Crippen molar-refractivity contribution in [2.75, 3.05) is 27.2 Å². The zero-order valence-electron chi connectivity index (χ0n) is 23.8. The number of ether oxygens (including phenoxy) is 1. The second-order valence-electron chi connectivity index (χ2n) is 10.9. The zero-order valence-corrected chi connectivity index (χ0v) is 23.8. The Hall–Kier alpha value is -3.97. The second kappa shape index (κ2) is 12.0. The van der Waals surface area contributed by atoms with E-state index < -0.39 is 0 Å². The molecule has 2 aromatic carbocycles. The topological polar surface area (TPSA) is 67.7 Å². The molecule has 7 heteroatoms. The van der Waals surface area contributed by atoms with Crippen molar-refractivity contribution in [3.63, 3.8) is 0 Å². The van der Waals surface area contributed by atoms with Crippen LogP contribution < -0.4 is 10.3 Å². The first-order valence-electron chi connectivity index (χ1n) is 14.1. The lowest BCUT2D eigenvalue weighted by atomic mass is 9.96. The summed E-state index contributed by atoms with van der Waals surface area (Å²) < 4.78 is 7.86. The molecule has 0 saturated heterocycles. The molecule has 7 nitrogen and oxygen atoms in total. The summed E-state index contributed by atoms with van der Waals surface area (Å²) >= 11 is 0. The summed E-state index contributed by atoms with van der Waals surface area (Å²) in [5.74, 6) is 0.740. The van der Waals surface area contributed by atoms with Crippen LogP contribution in [-0.4, -0.2) is 58.5 Å². The van der Waals surface area contributed by atoms with E-state index >= 15 is 0 Å². The summed E-state index contributed by atoms with van der Waals surface area (Å²) in [5, 5.41) is 0. The highest BCUT2D eigenvalue weighted by Crippen LogP contribution is 2.39. The van der Waals surface area contributed by atoms with Crippen LogP contribution in [0.5, 0.6) is 5.75 Å². The summed E-state index contributed by atoms with van der Waals surface area (Å²) in [5.41, 5.74) is 3.18. The first-order chi connectivity index (χ1) is 19.4. The molecular formula is C33H38N4O3. The van der Waals surface area contributed by atoms with Gasteiger partial charge in [-0.3, -0.25) is 14.2 Å². The van der Waals surface area contributed by atoms with Gasteiger partial charge >= 0.3 is 0 Å². The fraction of sp³-hybridized carbons (Fsp3) is 0.364. The van der Waals surface area contributed by atoms with Gasteiger partial charge in [0.15, 0.2) is 0 Å². The third kappa shape index (κ3) is 5.65. The molecule has 1 aliphatic heterocycles. The summed E-state index contributed by atoms with van der Waals surface area (Å²) in [6.45, 7) is 5.81. The number of hydrogen-bond acceptors (Lipinski definition) is 5. The van der Waals surface area contributed by atoms with E-state index in [1.807, 2.05) is 105 Å². The number of amides is 1. The van der Waals surface area contributed by atoms with Crippen LogP contribution in [0.1, 0.15) is 64.7 Å². The summed E-state index contributed by atoms with van der Waals surface area (Å²) in [7, 11) is 4.07. The van der Waals surface area contributed by atoms with Gasteiger partial charge in [0.2, 0.25) is 5.75 Å². The molecule has 1 amide bonds. The van der Waals surface area contributed by atoms with E-state index in [2.05, 4.69) is 11.8 Å². The summed E-state index contributed by atoms with van der Waals surface area (Å²) in [6.07, 6.45) is 9.10. The zero-order chi connectivity index (χ0) is 28.2. The minimum atomic E-state index is -0.389. The second-order valence-corrected chi connectivity index (χ2v) is 10.9. The Morgan fingerprint density at radius 1 is 1.02 bits per heavy atom. The van der Waals surface area contributed by atoms with Gasteiger partial charge in [-0.05, 0) is 64.2 Å². The molecule has 0 spiro atoms. The van der Waals surface area contributed by atoms with Gasteiger partial charge in [-0.15, -0.1) is 0 Å². The highest BCUT2D eigenvalue weighted by atomic mass is 16.5. The molecule has 0 radical (unpaired) electrons. The largest absolute Gasteiger partial charge is 0.478 e. The predicted molar refractivity (Wildman–Crippen MR) is 158 cm³/mol. The van der Waals surface area contributed by atoms with Crippen molar-refractivity contribution >= 4 is 5.91 Å². The number of fused-ring (bicyclic) bond motifs is 3.